The molecule has 2 unspecified atom stereocenters. The van der Waals surface area contributed by atoms with Gasteiger partial charge in [0.15, 0.2) is 26.5 Å². The van der Waals surface area contributed by atoms with Crippen LogP contribution in [0.2, 0.25) is 36.3 Å². The summed E-state index contributed by atoms with van der Waals surface area (Å²) in [5.41, 5.74) is 1.28. The summed E-state index contributed by atoms with van der Waals surface area (Å²) in [6.07, 6.45) is -0.0470. The molecule has 6 nitrogen and oxygen atoms in total. The fourth-order valence-electron chi connectivity index (χ4n) is 4.15. The molecule has 2 rings (SSSR count). The van der Waals surface area contributed by atoms with Gasteiger partial charge in [0.2, 0.25) is 0 Å². The van der Waals surface area contributed by atoms with Gasteiger partial charge in [-0.15, -0.1) is 0 Å². The first-order chi connectivity index (χ1) is 17.7. The Balaban J connectivity index is 2.70. The van der Waals surface area contributed by atoms with Gasteiger partial charge in [-0.05, 0) is 67.3 Å². The minimum atomic E-state index is -3.89. The van der Waals surface area contributed by atoms with Crippen molar-refractivity contribution >= 4 is 32.4 Å². The summed E-state index contributed by atoms with van der Waals surface area (Å²) in [6.45, 7) is 28.2. The van der Waals surface area contributed by atoms with Crippen molar-refractivity contribution in [2.45, 2.75) is 114 Å². The van der Waals surface area contributed by atoms with Gasteiger partial charge in [-0.25, -0.2) is 13.2 Å². The third-order valence-corrected chi connectivity index (χ3v) is 19.7. The Morgan fingerprint density at radius 2 is 1.54 bits per heavy atom. The van der Waals surface area contributed by atoms with Crippen molar-refractivity contribution in [2.24, 2.45) is 0 Å². The van der Waals surface area contributed by atoms with E-state index in [1.54, 1.807) is 37.3 Å². The summed E-state index contributed by atoms with van der Waals surface area (Å²) in [6, 6.07) is 8.37. The van der Waals surface area contributed by atoms with E-state index in [0.717, 1.165) is 0 Å². The highest BCUT2D eigenvalue weighted by atomic mass is 32.2. The normalized spacial score (nSPS) is 18.4. The molecule has 0 N–H and O–H groups in total. The molecule has 1 aromatic rings. The van der Waals surface area contributed by atoms with E-state index in [-0.39, 0.29) is 28.0 Å². The molecule has 2 atom stereocenters. The molecular formula is C30H50O6SSi2. The van der Waals surface area contributed by atoms with E-state index in [1.165, 1.54) is 0 Å². The Bertz CT molecular complexity index is 1170. The van der Waals surface area contributed by atoms with Crippen molar-refractivity contribution in [1.82, 2.24) is 0 Å². The fraction of sp³-hybridized carbons (Fsp3) is 0.633. The Morgan fingerprint density at radius 1 is 1.00 bits per heavy atom. The molecule has 1 aliphatic rings. The smallest absolute Gasteiger partial charge is 0.334 e. The number of carbonyl (C=O) groups excluding carboxylic acids is 1. The molecule has 9 heteroatoms. The van der Waals surface area contributed by atoms with Crippen molar-refractivity contribution in [3.8, 4) is 0 Å². The summed E-state index contributed by atoms with van der Waals surface area (Å²) >= 11 is 0. The Morgan fingerprint density at radius 3 is 2.03 bits per heavy atom. The Kier molecular flexibility index (Phi) is 10.5. The van der Waals surface area contributed by atoms with Crippen LogP contribution in [0.1, 0.15) is 61.3 Å². The van der Waals surface area contributed by atoms with Crippen LogP contribution in [0.3, 0.4) is 0 Å². The van der Waals surface area contributed by atoms with Crippen LogP contribution in [0.5, 0.6) is 0 Å². The minimum absolute atomic E-state index is 0.0268. The van der Waals surface area contributed by atoms with Gasteiger partial charge in [-0.1, -0.05) is 71.9 Å². The molecule has 0 saturated carbocycles. The van der Waals surface area contributed by atoms with Crippen molar-refractivity contribution in [3.63, 3.8) is 0 Å². The third-order valence-electron chi connectivity index (χ3n) is 8.55. The number of rotatable bonds is 11. The van der Waals surface area contributed by atoms with Crippen molar-refractivity contribution in [3.05, 3.63) is 53.6 Å². The van der Waals surface area contributed by atoms with Crippen LogP contribution in [0.4, 0.5) is 0 Å². The van der Waals surface area contributed by atoms with E-state index in [1.807, 2.05) is 0 Å². The van der Waals surface area contributed by atoms with Crippen LogP contribution in [-0.4, -0.2) is 55.6 Å². The maximum atomic E-state index is 14.1. The average Bonchev–Trinajstić information content (AvgIpc) is 3.15. The van der Waals surface area contributed by atoms with Crippen LogP contribution < -0.4 is 0 Å². The second-order valence-electron chi connectivity index (χ2n) is 13.5. The molecule has 0 amide bonds. The number of hydrogen-bond donors (Lipinski definition) is 0. The van der Waals surface area contributed by atoms with Gasteiger partial charge in [0.05, 0.1) is 17.6 Å². The zero-order chi connectivity index (χ0) is 30.0. The lowest BCUT2D eigenvalue weighted by Crippen LogP contribution is -2.47. The molecular weight excluding hydrogens is 545 g/mol. The van der Waals surface area contributed by atoms with E-state index < -0.39 is 43.8 Å². The molecule has 1 aliphatic carbocycles. The summed E-state index contributed by atoms with van der Waals surface area (Å²) in [5.74, 6) is -0.506. The van der Waals surface area contributed by atoms with Crippen molar-refractivity contribution in [2.75, 3.05) is 13.2 Å². The Labute approximate surface area is 239 Å². The van der Waals surface area contributed by atoms with Gasteiger partial charge in [0.25, 0.3) is 0 Å². The van der Waals surface area contributed by atoms with Crippen molar-refractivity contribution in [1.29, 1.82) is 0 Å². The van der Waals surface area contributed by atoms with Crippen LogP contribution in [0.25, 0.3) is 0 Å². The maximum absolute atomic E-state index is 14.1. The summed E-state index contributed by atoms with van der Waals surface area (Å²) in [5, 5.41) is -1.17. The van der Waals surface area contributed by atoms with E-state index in [0.29, 0.717) is 29.7 Å². The minimum Gasteiger partial charge on any atom is -0.463 e. The predicted molar refractivity (Wildman–Crippen MR) is 165 cm³/mol. The molecule has 0 saturated heterocycles. The lowest BCUT2D eigenvalue weighted by molar-refractivity contribution is -0.138. The summed E-state index contributed by atoms with van der Waals surface area (Å²) in [7, 11) is -8.35. The number of esters is 1. The third kappa shape index (κ3) is 7.61. The van der Waals surface area contributed by atoms with Gasteiger partial charge >= 0.3 is 5.97 Å². The summed E-state index contributed by atoms with van der Waals surface area (Å²) in [4.78, 5) is 13.5. The van der Waals surface area contributed by atoms with E-state index in [4.69, 9.17) is 13.6 Å². The van der Waals surface area contributed by atoms with Crippen molar-refractivity contribution < 1.29 is 26.8 Å². The largest absolute Gasteiger partial charge is 0.463 e. The number of sulfone groups is 1. The Hall–Kier alpha value is -1.53. The molecule has 1 aromatic carbocycles. The van der Waals surface area contributed by atoms with Crippen LogP contribution in [0, 0.1) is 0 Å². The number of ether oxygens (including phenoxy) is 1. The molecule has 0 fully saturated rings. The van der Waals surface area contributed by atoms with Crippen LogP contribution >= 0.6 is 0 Å². The SMILES string of the molecule is C=C1CC(C(=O)OCC)=C(C(CCO[Si](C)(C)C(C)(C)C)O[Si](C)(C)C(C)(C)C)C1S(=O)(=O)c1ccccc1. The first-order valence-electron chi connectivity index (χ1n) is 13.9. The maximum Gasteiger partial charge on any atom is 0.334 e. The van der Waals surface area contributed by atoms with Gasteiger partial charge in [0.1, 0.15) is 5.25 Å². The highest BCUT2D eigenvalue weighted by molar-refractivity contribution is 7.92. The first-order valence-corrected chi connectivity index (χ1v) is 21.2. The number of benzene rings is 1. The summed E-state index contributed by atoms with van der Waals surface area (Å²) < 4.78 is 47.1. The zero-order valence-electron chi connectivity index (χ0n) is 25.9. The highest BCUT2D eigenvalue weighted by Gasteiger charge is 2.48. The predicted octanol–water partition coefficient (Wildman–Crippen LogP) is 7.45. The standard InChI is InChI=1S/C30H50O6SSi2/c1-13-34-28(31)24-21-22(2)27(37(32,33)23-17-15-14-16-18-23)26(24)25(36-39(11,12)30(6,7)8)19-20-35-38(9,10)29(3,4)5/h14-18,25,27H,2,13,19-21H2,1,3-12H3. The fourth-order valence-corrected chi connectivity index (χ4v) is 8.48. The lowest BCUT2D eigenvalue weighted by atomic mass is 10.0. The van der Waals surface area contributed by atoms with Gasteiger partial charge in [-0.3, -0.25) is 0 Å². The van der Waals surface area contributed by atoms with Gasteiger partial charge in [-0.2, -0.15) is 0 Å². The second-order valence-corrected chi connectivity index (χ2v) is 25.1. The topological polar surface area (TPSA) is 78.9 Å². The molecule has 0 aliphatic heterocycles. The molecule has 0 heterocycles. The highest BCUT2D eigenvalue weighted by Crippen LogP contribution is 2.45. The van der Waals surface area contributed by atoms with E-state index in [2.05, 4.69) is 74.3 Å². The quantitative estimate of drug-likeness (QED) is 0.150. The van der Waals surface area contributed by atoms with E-state index in [9.17, 15) is 13.2 Å². The molecule has 39 heavy (non-hydrogen) atoms. The molecule has 220 valence electrons. The van der Waals surface area contributed by atoms with Gasteiger partial charge < -0.3 is 13.6 Å². The van der Waals surface area contributed by atoms with Crippen LogP contribution in [0.15, 0.2) is 58.5 Å². The second kappa shape index (κ2) is 12.1. The van der Waals surface area contributed by atoms with E-state index >= 15 is 0 Å². The monoisotopic (exact) mass is 594 g/mol. The number of carbonyl (C=O) groups is 1. The zero-order valence-corrected chi connectivity index (χ0v) is 28.8. The average molecular weight is 595 g/mol. The first kappa shape index (κ1) is 33.7. The molecule has 0 spiro atoms. The molecule has 0 bridgehead atoms. The van der Waals surface area contributed by atoms with Gasteiger partial charge in [0, 0.05) is 18.6 Å². The molecule has 0 radical (unpaired) electrons. The van der Waals surface area contributed by atoms with Crippen LogP contribution in [-0.2, 0) is 28.2 Å². The lowest BCUT2D eigenvalue weighted by Gasteiger charge is -2.41. The molecule has 0 aromatic heterocycles. The number of hydrogen-bond acceptors (Lipinski definition) is 6.